The molecule has 0 radical (unpaired) electrons. The van der Waals surface area contributed by atoms with Crippen LogP contribution in [-0.4, -0.2) is 19.2 Å². The fourth-order valence-corrected chi connectivity index (χ4v) is 2.04. The van der Waals surface area contributed by atoms with Gasteiger partial charge in [0.25, 0.3) is 0 Å². The summed E-state index contributed by atoms with van der Waals surface area (Å²) in [6.45, 7) is 5.44. The topological polar surface area (TPSA) is 61.5 Å². The average molecular weight is 279 g/mol. The molecule has 0 bridgehead atoms. The van der Waals surface area contributed by atoms with Gasteiger partial charge in [-0.2, -0.15) is 0 Å². The van der Waals surface area contributed by atoms with Crippen LogP contribution in [-0.2, 0) is 16.1 Å². The standard InChI is InChI=1S/C16H25NO3/c1-3-19-15(18)10-5-4-6-11-20-16-13(2)8-7-9-14(16)12-17/h7-9H,3-6,10-12,17H2,1-2H3. The SMILES string of the molecule is CCOC(=O)CCCCCOc1c(C)cccc1CN. The number of esters is 1. The zero-order valence-electron chi connectivity index (χ0n) is 12.5. The van der Waals surface area contributed by atoms with E-state index in [4.69, 9.17) is 15.2 Å². The van der Waals surface area contributed by atoms with Gasteiger partial charge in [0.1, 0.15) is 5.75 Å². The Bertz CT molecular complexity index is 418. The monoisotopic (exact) mass is 279 g/mol. The van der Waals surface area contributed by atoms with E-state index in [1.807, 2.05) is 32.0 Å². The summed E-state index contributed by atoms with van der Waals surface area (Å²) in [5.74, 6) is 0.790. The fourth-order valence-electron chi connectivity index (χ4n) is 2.04. The number of carbonyl (C=O) groups is 1. The van der Waals surface area contributed by atoms with Gasteiger partial charge >= 0.3 is 5.97 Å². The van der Waals surface area contributed by atoms with E-state index in [1.54, 1.807) is 0 Å². The first-order valence-corrected chi connectivity index (χ1v) is 7.26. The van der Waals surface area contributed by atoms with Gasteiger partial charge in [0.05, 0.1) is 13.2 Å². The van der Waals surface area contributed by atoms with Crippen molar-refractivity contribution in [1.29, 1.82) is 0 Å². The largest absolute Gasteiger partial charge is 0.493 e. The van der Waals surface area contributed by atoms with Gasteiger partial charge in [0.15, 0.2) is 0 Å². The van der Waals surface area contributed by atoms with E-state index in [0.29, 0.717) is 26.2 Å². The molecule has 20 heavy (non-hydrogen) atoms. The predicted octanol–water partition coefficient (Wildman–Crippen LogP) is 2.96. The summed E-state index contributed by atoms with van der Waals surface area (Å²) in [7, 11) is 0. The lowest BCUT2D eigenvalue weighted by Crippen LogP contribution is -2.06. The van der Waals surface area contributed by atoms with Crippen molar-refractivity contribution in [3.63, 3.8) is 0 Å². The Morgan fingerprint density at radius 3 is 2.75 bits per heavy atom. The van der Waals surface area contributed by atoms with Crippen LogP contribution >= 0.6 is 0 Å². The maximum Gasteiger partial charge on any atom is 0.305 e. The van der Waals surface area contributed by atoms with Gasteiger partial charge in [-0.15, -0.1) is 0 Å². The van der Waals surface area contributed by atoms with Crippen molar-refractivity contribution in [2.24, 2.45) is 5.73 Å². The van der Waals surface area contributed by atoms with E-state index < -0.39 is 0 Å². The summed E-state index contributed by atoms with van der Waals surface area (Å²) in [5, 5.41) is 0. The molecule has 0 aliphatic rings. The maximum absolute atomic E-state index is 11.2. The molecule has 0 atom stereocenters. The summed E-state index contributed by atoms with van der Waals surface area (Å²) in [6.07, 6.45) is 3.23. The summed E-state index contributed by atoms with van der Waals surface area (Å²) >= 11 is 0. The quantitative estimate of drug-likeness (QED) is 0.557. The molecule has 0 unspecified atom stereocenters. The zero-order chi connectivity index (χ0) is 14.8. The molecule has 0 fully saturated rings. The van der Waals surface area contributed by atoms with Crippen molar-refractivity contribution in [3.8, 4) is 5.75 Å². The van der Waals surface area contributed by atoms with Crippen molar-refractivity contribution in [2.45, 2.75) is 46.1 Å². The van der Waals surface area contributed by atoms with Gasteiger partial charge in [0, 0.05) is 18.5 Å². The molecular weight excluding hydrogens is 254 g/mol. The number of nitrogens with two attached hydrogens (primary N) is 1. The van der Waals surface area contributed by atoms with Crippen LogP contribution in [0.15, 0.2) is 18.2 Å². The molecule has 0 saturated heterocycles. The predicted molar refractivity (Wildman–Crippen MR) is 79.7 cm³/mol. The minimum absolute atomic E-state index is 0.113. The van der Waals surface area contributed by atoms with Crippen LogP contribution < -0.4 is 10.5 Å². The van der Waals surface area contributed by atoms with Gasteiger partial charge in [-0.3, -0.25) is 4.79 Å². The van der Waals surface area contributed by atoms with E-state index in [1.165, 1.54) is 0 Å². The van der Waals surface area contributed by atoms with E-state index in [2.05, 4.69) is 0 Å². The van der Waals surface area contributed by atoms with E-state index in [0.717, 1.165) is 36.1 Å². The molecule has 0 amide bonds. The first kappa shape index (κ1) is 16.5. The second-order valence-electron chi connectivity index (χ2n) is 4.73. The number of hydrogen-bond acceptors (Lipinski definition) is 4. The van der Waals surface area contributed by atoms with Gasteiger partial charge in [-0.1, -0.05) is 18.2 Å². The Morgan fingerprint density at radius 2 is 2.05 bits per heavy atom. The number of carbonyl (C=O) groups excluding carboxylic acids is 1. The molecule has 0 aliphatic heterocycles. The normalized spacial score (nSPS) is 10.3. The summed E-state index contributed by atoms with van der Waals surface area (Å²) in [4.78, 5) is 11.2. The molecule has 1 aromatic rings. The number of rotatable bonds is 9. The Morgan fingerprint density at radius 1 is 1.25 bits per heavy atom. The first-order valence-electron chi connectivity index (χ1n) is 7.26. The highest BCUT2D eigenvalue weighted by molar-refractivity contribution is 5.69. The maximum atomic E-state index is 11.2. The molecule has 0 spiro atoms. The molecule has 4 heteroatoms. The molecular formula is C16H25NO3. The third kappa shape index (κ3) is 5.61. The van der Waals surface area contributed by atoms with Crippen molar-refractivity contribution in [2.75, 3.05) is 13.2 Å². The van der Waals surface area contributed by atoms with E-state index >= 15 is 0 Å². The van der Waals surface area contributed by atoms with Crippen LogP contribution in [0, 0.1) is 6.92 Å². The van der Waals surface area contributed by atoms with Crippen molar-refractivity contribution >= 4 is 5.97 Å². The summed E-state index contributed by atoms with van der Waals surface area (Å²) in [5.41, 5.74) is 7.85. The van der Waals surface area contributed by atoms with Gasteiger partial charge in [0.2, 0.25) is 0 Å². The van der Waals surface area contributed by atoms with Crippen LogP contribution in [0.1, 0.15) is 43.7 Å². The van der Waals surface area contributed by atoms with Crippen LogP contribution in [0.4, 0.5) is 0 Å². The zero-order valence-corrected chi connectivity index (χ0v) is 12.5. The minimum atomic E-state index is -0.113. The second kappa shape index (κ2) is 9.37. The van der Waals surface area contributed by atoms with Crippen molar-refractivity contribution in [3.05, 3.63) is 29.3 Å². The molecule has 0 heterocycles. The second-order valence-corrected chi connectivity index (χ2v) is 4.73. The Kier molecular flexibility index (Phi) is 7.73. The Hall–Kier alpha value is -1.55. The molecule has 2 N–H and O–H groups in total. The molecule has 0 saturated carbocycles. The lowest BCUT2D eigenvalue weighted by atomic mass is 10.1. The molecule has 1 aromatic carbocycles. The van der Waals surface area contributed by atoms with Gasteiger partial charge in [-0.25, -0.2) is 0 Å². The van der Waals surface area contributed by atoms with Crippen LogP contribution in [0.5, 0.6) is 5.75 Å². The van der Waals surface area contributed by atoms with E-state index in [-0.39, 0.29) is 5.97 Å². The lowest BCUT2D eigenvalue weighted by molar-refractivity contribution is -0.143. The highest BCUT2D eigenvalue weighted by atomic mass is 16.5. The third-order valence-corrected chi connectivity index (χ3v) is 3.09. The number of unbranched alkanes of at least 4 members (excludes halogenated alkanes) is 2. The van der Waals surface area contributed by atoms with E-state index in [9.17, 15) is 4.79 Å². The summed E-state index contributed by atoms with van der Waals surface area (Å²) in [6, 6.07) is 6.00. The number of para-hydroxylation sites is 1. The summed E-state index contributed by atoms with van der Waals surface area (Å²) < 4.78 is 10.7. The Balaban J connectivity index is 2.23. The van der Waals surface area contributed by atoms with Gasteiger partial charge < -0.3 is 15.2 Å². The molecule has 0 aromatic heterocycles. The molecule has 0 aliphatic carbocycles. The number of hydrogen-bond donors (Lipinski definition) is 1. The highest BCUT2D eigenvalue weighted by Gasteiger charge is 2.05. The highest BCUT2D eigenvalue weighted by Crippen LogP contribution is 2.23. The first-order chi connectivity index (χ1) is 9.69. The van der Waals surface area contributed by atoms with Crippen molar-refractivity contribution < 1.29 is 14.3 Å². The number of aryl methyl sites for hydroxylation is 1. The fraction of sp³-hybridized carbons (Fsp3) is 0.562. The van der Waals surface area contributed by atoms with Crippen LogP contribution in [0.2, 0.25) is 0 Å². The number of benzene rings is 1. The van der Waals surface area contributed by atoms with Crippen LogP contribution in [0.25, 0.3) is 0 Å². The number of ether oxygens (including phenoxy) is 2. The molecule has 112 valence electrons. The minimum Gasteiger partial charge on any atom is -0.493 e. The van der Waals surface area contributed by atoms with Crippen molar-refractivity contribution in [1.82, 2.24) is 0 Å². The van der Waals surface area contributed by atoms with Crippen LogP contribution in [0.3, 0.4) is 0 Å². The third-order valence-electron chi connectivity index (χ3n) is 3.09. The van der Waals surface area contributed by atoms with Gasteiger partial charge in [-0.05, 0) is 38.7 Å². The lowest BCUT2D eigenvalue weighted by Gasteiger charge is -2.13. The smallest absolute Gasteiger partial charge is 0.305 e. The average Bonchev–Trinajstić information content (AvgIpc) is 2.44. The molecule has 1 rings (SSSR count). The Labute approximate surface area is 121 Å². The molecule has 4 nitrogen and oxygen atoms in total.